The summed E-state index contributed by atoms with van der Waals surface area (Å²) in [4.78, 5) is 17.4. The number of hydrogen-bond acceptors (Lipinski definition) is 4. The molecule has 4 nitrogen and oxygen atoms in total. The zero-order chi connectivity index (χ0) is 16.7. The summed E-state index contributed by atoms with van der Waals surface area (Å²) in [6.45, 7) is 4.30. The Bertz CT molecular complexity index is 824. The molecular weight excluding hydrogens is 298 g/mol. The van der Waals surface area contributed by atoms with E-state index in [9.17, 15) is 4.79 Å². The van der Waals surface area contributed by atoms with Crippen LogP contribution in [0.4, 0.5) is 11.5 Å². The molecular formula is C20H21N3O. The molecule has 1 aliphatic carbocycles. The van der Waals surface area contributed by atoms with Crippen molar-refractivity contribution in [3.05, 3.63) is 65.5 Å². The summed E-state index contributed by atoms with van der Waals surface area (Å²) in [5, 5.41) is 6.96. The van der Waals surface area contributed by atoms with Crippen molar-refractivity contribution in [1.29, 1.82) is 0 Å². The minimum Gasteiger partial charge on any atom is -0.357 e. The number of fused-ring (bicyclic) bond motifs is 1. The van der Waals surface area contributed by atoms with Crippen LogP contribution in [-0.2, 0) is 4.79 Å². The summed E-state index contributed by atoms with van der Waals surface area (Å²) in [5.74, 6) is 0.995. The van der Waals surface area contributed by atoms with Crippen molar-refractivity contribution in [3.8, 4) is 0 Å². The predicted octanol–water partition coefficient (Wildman–Crippen LogP) is 4.30. The maximum absolute atomic E-state index is 13.0. The van der Waals surface area contributed by atoms with E-state index < -0.39 is 0 Å². The first kappa shape index (κ1) is 14.9. The number of nitrogens with one attached hydrogen (secondary N) is 2. The first-order valence-electron chi connectivity index (χ1n) is 8.33. The highest BCUT2D eigenvalue weighted by Gasteiger charge is 2.38. The van der Waals surface area contributed by atoms with E-state index >= 15 is 0 Å². The number of hydrogen-bond donors (Lipinski definition) is 2. The van der Waals surface area contributed by atoms with E-state index in [4.69, 9.17) is 0 Å². The quantitative estimate of drug-likeness (QED) is 0.822. The number of benzene rings is 1. The molecule has 2 N–H and O–H groups in total. The first-order valence-corrected chi connectivity index (χ1v) is 8.33. The lowest BCUT2D eigenvalue weighted by Crippen LogP contribution is -2.31. The van der Waals surface area contributed by atoms with E-state index in [1.807, 2.05) is 30.3 Å². The Hall–Kier alpha value is -2.62. The van der Waals surface area contributed by atoms with E-state index in [0.29, 0.717) is 6.42 Å². The van der Waals surface area contributed by atoms with Gasteiger partial charge in [0.05, 0.1) is 11.7 Å². The molecule has 0 radical (unpaired) electrons. The van der Waals surface area contributed by atoms with Crippen LogP contribution in [0.25, 0.3) is 0 Å². The van der Waals surface area contributed by atoms with Gasteiger partial charge in [0.1, 0.15) is 5.82 Å². The third-order valence-electron chi connectivity index (χ3n) is 4.72. The van der Waals surface area contributed by atoms with Crippen molar-refractivity contribution in [1.82, 2.24) is 4.98 Å². The van der Waals surface area contributed by atoms with E-state index in [-0.39, 0.29) is 17.2 Å². The lowest BCUT2D eigenvalue weighted by molar-refractivity contribution is -0.118. The van der Waals surface area contributed by atoms with Crippen molar-refractivity contribution >= 4 is 17.3 Å². The average molecular weight is 319 g/mol. The van der Waals surface area contributed by atoms with E-state index in [1.54, 1.807) is 6.20 Å². The maximum atomic E-state index is 13.0. The predicted molar refractivity (Wildman–Crippen MR) is 95.7 cm³/mol. The molecule has 4 heteroatoms. The highest BCUT2D eigenvalue weighted by Crippen LogP contribution is 2.44. The van der Waals surface area contributed by atoms with Gasteiger partial charge in [0, 0.05) is 23.9 Å². The number of aromatic nitrogens is 1. The number of rotatable bonds is 1. The summed E-state index contributed by atoms with van der Waals surface area (Å²) in [5.41, 5.74) is 3.84. The van der Waals surface area contributed by atoms with Crippen LogP contribution >= 0.6 is 0 Å². The molecule has 0 amide bonds. The van der Waals surface area contributed by atoms with Crippen molar-refractivity contribution in [2.24, 2.45) is 5.41 Å². The van der Waals surface area contributed by atoms with Crippen molar-refractivity contribution in [3.63, 3.8) is 0 Å². The molecule has 0 saturated carbocycles. The fourth-order valence-electron chi connectivity index (χ4n) is 3.67. The van der Waals surface area contributed by atoms with Crippen LogP contribution in [0.3, 0.4) is 0 Å². The van der Waals surface area contributed by atoms with Crippen LogP contribution in [0.15, 0.2) is 59.9 Å². The third kappa shape index (κ3) is 2.58. The second-order valence-corrected chi connectivity index (χ2v) is 7.35. The lowest BCUT2D eigenvalue weighted by atomic mass is 9.73. The summed E-state index contributed by atoms with van der Waals surface area (Å²) in [7, 11) is 0. The van der Waals surface area contributed by atoms with Crippen molar-refractivity contribution < 1.29 is 4.79 Å². The smallest absolute Gasteiger partial charge is 0.163 e. The van der Waals surface area contributed by atoms with Crippen molar-refractivity contribution in [2.45, 2.75) is 32.7 Å². The standard InChI is InChI=1S/C20H21N3O/c1-20(2)11-15-17(16(24)12-20)18(13-7-4-3-5-8-13)23-19-14(22-15)9-6-10-21-19/h3-10,18,22H,11-12H2,1-2H3,(H,21,23)/t18-/m1/s1. The zero-order valence-corrected chi connectivity index (χ0v) is 14.0. The number of pyridine rings is 1. The highest BCUT2D eigenvalue weighted by molar-refractivity contribution is 6.00. The fraction of sp³-hybridized carbons (Fsp3) is 0.300. The summed E-state index contributed by atoms with van der Waals surface area (Å²) < 4.78 is 0. The SMILES string of the molecule is CC1(C)CC(=O)C2=C(C1)Nc1cccnc1N[C@@H]2c1ccccc1. The topological polar surface area (TPSA) is 54.0 Å². The van der Waals surface area contributed by atoms with E-state index in [1.165, 1.54) is 0 Å². The Kier molecular flexibility index (Phi) is 3.41. The largest absolute Gasteiger partial charge is 0.357 e. The van der Waals surface area contributed by atoms with Gasteiger partial charge in [-0.2, -0.15) is 0 Å². The molecule has 1 aromatic carbocycles. The number of carbonyl (C=O) groups is 1. The molecule has 2 heterocycles. The number of Topliss-reactive ketones (excluding diaryl/α,β-unsaturated/α-hetero) is 1. The lowest BCUT2D eigenvalue weighted by Gasteiger charge is -2.34. The molecule has 2 aliphatic rings. The third-order valence-corrected chi connectivity index (χ3v) is 4.72. The zero-order valence-electron chi connectivity index (χ0n) is 14.0. The van der Waals surface area contributed by atoms with Gasteiger partial charge >= 0.3 is 0 Å². The molecule has 0 fully saturated rings. The Morgan fingerprint density at radius 3 is 2.67 bits per heavy atom. The van der Waals surface area contributed by atoms with Crippen LogP contribution in [0, 0.1) is 5.41 Å². The molecule has 0 bridgehead atoms. The maximum Gasteiger partial charge on any atom is 0.163 e. The second-order valence-electron chi connectivity index (χ2n) is 7.35. The molecule has 0 saturated heterocycles. The van der Waals surface area contributed by atoms with Gasteiger partial charge in [-0.05, 0) is 29.5 Å². The number of nitrogens with zero attached hydrogens (tertiary/aromatic N) is 1. The average Bonchev–Trinajstić information content (AvgIpc) is 2.70. The molecule has 4 rings (SSSR count). The minimum atomic E-state index is -0.173. The Labute approximate surface area is 142 Å². The molecule has 1 aromatic heterocycles. The summed E-state index contributed by atoms with van der Waals surface area (Å²) in [6, 6.07) is 13.9. The van der Waals surface area contributed by atoms with Gasteiger partial charge in [0.15, 0.2) is 5.78 Å². The van der Waals surface area contributed by atoms with Gasteiger partial charge < -0.3 is 10.6 Å². The van der Waals surface area contributed by atoms with Gasteiger partial charge in [0.25, 0.3) is 0 Å². The Morgan fingerprint density at radius 1 is 1.08 bits per heavy atom. The normalized spacial score (nSPS) is 21.9. The molecule has 122 valence electrons. The van der Waals surface area contributed by atoms with Crippen LogP contribution in [-0.4, -0.2) is 10.8 Å². The highest BCUT2D eigenvalue weighted by atomic mass is 16.1. The monoisotopic (exact) mass is 319 g/mol. The molecule has 24 heavy (non-hydrogen) atoms. The van der Waals surface area contributed by atoms with Crippen LogP contribution in [0.5, 0.6) is 0 Å². The van der Waals surface area contributed by atoms with Gasteiger partial charge in [-0.25, -0.2) is 4.98 Å². The molecule has 1 aliphatic heterocycles. The molecule has 0 spiro atoms. The Morgan fingerprint density at radius 2 is 1.88 bits per heavy atom. The van der Waals surface area contributed by atoms with Gasteiger partial charge in [-0.1, -0.05) is 44.2 Å². The van der Waals surface area contributed by atoms with Crippen LogP contribution in [0.2, 0.25) is 0 Å². The van der Waals surface area contributed by atoms with E-state index in [0.717, 1.165) is 34.8 Å². The number of allylic oxidation sites excluding steroid dienone is 1. The number of anilines is 2. The van der Waals surface area contributed by atoms with Crippen LogP contribution < -0.4 is 10.6 Å². The van der Waals surface area contributed by atoms with Gasteiger partial charge in [-0.15, -0.1) is 0 Å². The molecule has 0 unspecified atom stereocenters. The van der Waals surface area contributed by atoms with E-state index in [2.05, 4.69) is 41.6 Å². The fourth-order valence-corrected chi connectivity index (χ4v) is 3.67. The molecule has 2 aromatic rings. The van der Waals surface area contributed by atoms with Crippen molar-refractivity contribution in [2.75, 3.05) is 10.6 Å². The van der Waals surface area contributed by atoms with Crippen LogP contribution in [0.1, 0.15) is 38.3 Å². The summed E-state index contributed by atoms with van der Waals surface area (Å²) >= 11 is 0. The first-order chi connectivity index (χ1) is 11.5. The number of carbonyl (C=O) groups excluding carboxylic acids is 1. The van der Waals surface area contributed by atoms with Gasteiger partial charge in [-0.3, -0.25) is 4.79 Å². The molecule has 1 atom stereocenters. The Balaban J connectivity index is 1.89. The minimum absolute atomic E-state index is 0.0309. The van der Waals surface area contributed by atoms with Gasteiger partial charge in [0.2, 0.25) is 0 Å². The summed E-state index contributed by atoms with van der Waals surface area (Å²) in [6.07, 6.45) is 3.20. The number of ketones is 1. The second kappa shape index (κ2) is 5.48.